The van der Waals surface area contributed by atoms with Crippen LogP contribution >= 0.6 is 0 Å². The van der Waals surface area contributed by atoms with Gasteiger partial charge >= 0.3 is 0 Å². The standard InChI is InChI=1S/C15H27N2O.Y/c1-13(2)7-5-8-14(3)9-6-10-15(4)11-12-17-18-16;/h7,9,11H,5-6,8,10,12,16H2,1-4H3;/q-1;/b14-9+,15-11+;. The van der Waals surface area contributed by atoms with Crippen LogP contribution in [0.1, 0.15) is 53.4 Å². The molecule has 0 saturated carbocycles. The van der Waals surface area contributed by atoms with Crippen LogP contribution < -0.4 is 5.90 Å². The van der Waals surface area contributed by atoms with Crippen LogP contribution in [0.15, 0.2) is 34.9 Å². The van der Waals surface area contributed by atoms with Gasteiger partial charge in [-0.2, -0.15) is 0 Å². The summed E-state index contributed by atoms with van der Waals surface area (Å²) in [5, 5.41) is 0. The molecule has 0 atom stereocenters. The van der Waals surface area contributed by atoms with Gasteiger partial charge in [0.05, 0.1) is 0 Å². The van der Waals surface area contributed by atoms with Gasteiger partial charge in [0.15, 0.2) is 0 Å². The molecule has 1 radical (unpaired) electrons. The molecule has 0 fully saturated rings. The molecule has 19 heavy (non-hydrogen) atoms. The van der Waals surface area contributed by atoms with Crippen molar-refractivity contribution in [3.63, 3.8) is 0 Å². The van der Waals surface area contributed by atoms with Crippen molar-refractivity contribution in [2.24, 2.45) is 5.90 Å². The second-order valence-corrected chi connectivity index (χ2v) is 4.88. The molecule has 0 aliphatic heterocycles. The first kappa shape index (κ1) is 21.5. The largest absolute Gasteiger partial charge is 0.510 e. The van der Waals surface area contributed by atoms with Crippen LogP contribution in [0.2, 0.25) is 0 Å². The first-order valence-corrected chi connectivity index (χ1v) is 6.53. The summed E-state index contributed by atoms with van der Waals surface area (Å²) in [5.74, 6) is 4.81. The first-order chi connectivity index (χ1) is 8.56. The Morgan fingerprint density at radius 3 is 2.00 bits per heavy atom. The van der Waals surface area contributed by atoms with Crippen LogP contribution in [-0.2, 0) is 37.6 Å². The Hall–Kier alpha value is 0.204. The minimum absolute atomic E-state index is 0. The molecule has 0 spiro atoms. The van der Waals surface area contributed by atoms with E-state index in [-0.39, 0.29) is 32.7 Å². The third-order valence-electron chi connectivity index (χ3n) is 2.71. The van der Waals surface area contributed by atoms with Crippen LogP contribution in [0.4, 0.5) is 0 Å². The number of hydroxylamine groups is 1. The smallest absolute Gasteiger partial charge is 0 e. The maximum absolute atomic E-state index is 4.81. The van der Waals surface area contributed by atoms with Gasteiger partial charge in [-0.05, 0) is 53.4 Å². The Kier molecular flexibility index (Phi) is 16.5. The normalized spacial score (nSPS) is 12.1. The summed E-state index contributed by atoms with van der Waals surface area (Å²) in [6.07, 6.45) is 11.1. The Balaban J connectivity index is 0. The molecular formula is C15H27N2OY-. The van der Waals surface area contributed by atoms with Crippen LogP contribution in [0, 0.1) is 0 Å². The summed E-state index contributed by atoms with van der Waals surface area (Å²) in [5.41, 5.74) is 7.78. The van der Waals surface area contributed by atoms with E-state index in [1.165, 1.54) is 16.7 Å². The van der Waals surface area contributed by atoms with E-state index in [1.54, 1.807) is 0 Å². The van der Waals surface area contributed by atoms with Crippen LogP contribution in [0.3, 0.4) is 0 Å². The van der Waals surface area contributed by atoms with Crippen molar-refractivity contribution in [3.8, 4) is 0 Å². The minimum atomic E-state index is 0. The molecule has 0 aromatic rings. The first-order valence-electron chi connectivity index (χ1n) is 6.53. The van der Waals surface area contributed by atoms with Crippen molar-refractivity contribution in [1.82, 2.24) is 0 Å². The average molecular weight is 340 g/mol. The second kappa shape index (κ2) is 14.6. The zero-order valence-electron chi connectivity index (χ0n) is 12.8. The van der Waals surface area contributed by atoms with Gasteiger partial charge in [0.1, 0.15) is 0 Å². The van der Waals surface area contributed by atoms with Gasteiger partial charge in [-0.25, -0.2) is 5.90 Å². The Morgan fingerprint density at radius 1 is 0.947 bits per heavy atom. The summed E-state index contributed by atoms with van der Waals surface area (Å²) < 4.78 is 0. The third-order valence-corrected chi connectivity index (χ3v) is 2.71. The molecule has 0 bridgehead atoms. The zero-order valence-corrected chi connectivity index (χ0v) is 15.6. The van der Waals surface area contributed by atoms with Gasteiger partial charge in [-0.1, -0.05) is 28.9 Å². The van der Waals surface area contributed by atoms with E-state index in [9.17, 15) is 0 Å². The van der Waals surface area contributed by atoms with Gasteiger partial charge in [0.2, 0.25) is 0 Å². The maximum atomic E-state index is 4.81. The predicted octanol–water partition coefficient (Wildman–Crippen LogP) is 4.58. The van der Waals surface area contributed by atoms with E-state index in [4.69, 9.17) is 5.90 Å². The van der Waals surface area contributed by atoms with E-state index in [2.05, 4.69) is 50.3 Å². The van der Waals surface area contributed by atoms with Crippen LogP contribution in [-0.4, -0.2) is 6.54 Å². The van der Waals surface area contributed by atoms with E-state index < -0.39 is 0 Å². The van der Waals surface area contributed by atoms with Crippen molar-refractivity contribution in [3.05, 3.63) is 40.4 Å². The molecular weight excluding hydrogens is 313 g/mol. The van der Waals surface area contributed by atoms with Crippen molar-refractivity contribution < 1.29 is 37.6 Å². The van der Waals surface area contributed by atoms with Gasteiger partial charge < -0.3 is 10.4 Å². The molecule has 4 heteroatoms. The van der Waals surface area contributed by atoms with Gasteiger partial charge in [0, 0.05) is 32.7 Å². The number of allylic oxidation sites excluding steroid dienone is 5. The fraction of sp³-hybridized carbons (Fsp3) is 0.600. The summed E-state index contributed by atoms with van der Waals surface area (Å²) >= 11 is 0. The molecule has 0 unspecified atom stereocenters. The van der Waals surface area contributed by atoms with Gasteiger partial charge in [0.25, 0.3) is 0 Å². The molecule has 107 valence electrons. The van der Waals surface area contributed by atoms with Crippen molar-refractivity contribution in [2.45, 2.75) is 53.4 Å². The molecule has 0 aliphatic rings. The summed E-state index contributed by atoms with van der Waals surface area (Å²) in [7, 11) is 0. The Bertz CT molecular complexity index is 305. The molecule has 3 nitrogen and oxygen atoms in total. The average Bonchev–Trinajstić information content (AvgIpc) is 2.29. The number of nitrogens with two attached hydrogens (primary N) is 1. The van der Waals surface area contributed by atoms with Crippen molar-refractivity contribution in [2.75, 3.05) is 6.54 Å². The van der Waals surface area contributed by atoms with Crippen molar-refractivity contribution >= 4 is 0 Å². The molecule has 0 aromatic carbocycles. The van der Waals surface area contributed by atoms with Gasteiger partial charge in [-0.15, -0.1) is 12.6 Å². The number of rotatable bonds is 9. The predicted molar refractivity (Wildman–Crippen MR) is 78.9 cm³/mol. The molecule has 2 N–H and O–H groups in total. The van der Waals surface area contributed by atoms with Gasteiger partial charge in [-0.3, -0.25) is 0 Å². The third kappa shape index (κ3) is 16.1. The molecule has 0 aromatic heterocycles. The Morgan fingerprint density at radius 2 is 1.47 bits per heavy atom. The molecule has 0 aliphatic carbocycles. The second-order valence-electron chi connectivity index (χ2n) is 4.88. The monoisotopic (exact) mass is 340 g/mol. The molecule has 0 saturated heterocycles. The summed E-state index contributed by atoms with van der Waals surface area (Å²) in [6.45, 7) is 9.13. The number of hydrogen-bond donors (Lipinski definition) is 1. The molecule has 0 amide bonds. The quantitative estimate of drug-likeness (QED) is 0.379. The Labute approximate surface area is 143 Å². The molecule has 0 rings (SSSR count). The number of hydrogen-bond acceptors (Lipinski definition) is 2. The SMILES string of the molecule is CC(C)=CCC/C(C)=C/CC/C(C)=C/C[N-]ON.[Y]. The summed E-state index contributed by atoms with van der Waals surface area (Å²) in [4.78, 5) is 4.16. The summed E-state index contributed by atoms with van der Waals surface area (Å²) in [6, 6.07) is 0. The van der Waals surface area contributed by atoms with E-state index >= 15 is 0 Å². The van der Waals surface area contributed by atoms with E-state index in [0.717, 1.165) is 25.7 Å². The minimum Gasteiger partial charge on any atom is -0.510 e. The van der Waals surface area contributed by atoms with E-state index in [0.29, 0.717) is 6.54 Å². The van der Waals surface area contributed by atoms with Crippen LogP contribution in [0.25, 0.3) is 5.48 Å². The van der Waals surface area contributed by atoms with Crippen LogP contribution in [0.5, 0.6) is 0 Å². The number of nitrogens with zero attached hydrogens (tertiary/aromatic N) is 1. The zero-order chi connectivity index (χ0) is 13.8. The maximum Gasteiger partial charge on any atom is 0 e. The van der Waals surface area contributed by atoms with Crippen molar-refractivity contribution in [1.29, 1.82) is 0 Å². The molecule has 0 heterocycles. The fourth-order valence-corrected chi connectivity index (χ4v) is 1.58. The van der Waals surface area contributed by atoms with E-state index in [1.807, 2.05) is 6.08 Å². The fourth-order valence-electron chi connectivity index (χ4n) is 1.58. The topological polar surface area (TPSA) is 49.4 Å².